The molecular weight excluding hydrogens is 649 g/mol. The van der Waals surface area contributed by atoms with Gasteiger partial charge < -0.3 is 4.74 Å². The minimum Gasteiger partial charge on any atom is -0.353 e. The lowest BCUT2D eigenvalue weighted by Gasteiger charge is -2.25. The SMILES string of the molecule is CCCCc1ccc(C(OC(c2ccc(CCCC)cc2)c2cnc(-c3ccc(CCC)cc3)cn2)c2cnc(-c3ccc(CCC)cc3)cn2)cc1. The van der Waals surface area contributed by atoms with Gasteiger partial charge in [-0.15, -0.1) is 0 Å². The zero-order chi connectivity index (χ0) is 36.8. The second-order valence-corrected chi connectivity index (χ2v) is 14.1. The highest BCUT2D eigenvalue weighted by Gasteiger charge is 2.26. The standard InChI is InChI=1S/C48H54N4O/c1-5-9-13-37-19-27-41(28-20-37)47(45-33-49-43(31-51-45)39-23-15-35(11-7-3)16-24-39)53-48(42-29-21-38(22-30-42)14-10-6-2)46-34-50-44(32-52-46)40-25-17-36(12-8-4)18-26-40/h15-34,47-48H,5-14H2,1-4H3. The van der Waals surface area contributed by atoms with E-state index in [0.717, 1.165) is 83.6 Å². The van der Waals surface area contributed by atoms with Gasteiger partial charge in [0, 0.05) is 11.1 Å². The molecule has 0 aliphatic rings. The van der Waals surface area contributed by atoms with E-state index in [4.69, 9.17) is 24.7 Å². The predicted octanol–water partition coefficient (Wildman–Crippen LogP) is 12.1. The van der Waals surface area contributed by atoms with Crippen LogP contribution in [-0.2, 0) is 30.4 Å². The molecule has 0 aliphatic heterocycles. The molecule has 2 atom stereocenters. The molecule has 0 radical (unpaired) electrons. The summed E-state index contributed by atoms with van der Waals surface area (Å²) in [5.41, 5.74) is 12.7. The normalized spacial score (nSPS) is 12.5. The molecule has 0 saturated carbocycles. The molecule has 2 unspecified atom stereocenters. The summed E-state index contributed by atoms with van der Waals surface area (Å²) in [5.74, 6) is 0. The third-order valence-electron chi connectivity index (χ3n) is 9.93. The van der Waals surface area contributed by atoms with Gasteiger partial charge in [-0.2, -0.15) is 0 Å². The average Bonchev–Trinajstić information content (AvgIpc) is 3.21. The number of unbranched alkanes of at least 4 members (excludes halogenated alkanes) is 2. The van der Waals surface area contributed by atoms with Gasteiger partial charge in [0.2, 0.25) is 0 Å². The number of hydrogen-bond acceptors (Lipinski definition) is 5. The van der Waals surface area contributed by atoms with Gasteiger partial charge in [0.25, 0.3) is 0 Å². The number of rotatable bonds is 18. The molecule has 0 N–H and O–H groups in total. The van der Waals surface area contributed by atoms with E-state index in [2.05, 4.69) is 125 Å². The minimum absolute atomic E-state index is 0.485. The molecule has 0 amide bonds. The van der Waals surface area contributed by atoms with Crippen molar-refractivity contribution in [3.8, 4) is 22.5 Å². The number of aryl methyl sites for hydroxylation is 4. The summed E-state index contributed by atoms with van der Waals surface area (Å²) in [6.45, 7) is 8.87. The Morgan fingerprint density at radius 2 is 0.755 bits per heavy atom. The van der Waals surface area contributed by atoms with E-state index in [9.17, 15) is 0 Å². The Labute approximate surface area is 317 Å². The molecule has 4 aromatic carbocycles. The van der Waals surface area contributed by atoms with E-state index in [1.807, 2.05) is 24.8 Å². The van der Waals surface area contributed by atoms with Gasteiger partial charge in [-0.25, -0.2) is 0 Å². The van der Waals surface area contributed by atoms with Gasteiger partial charge >= 0.3 is 0 Å². The Morgan fingerprint density at radius 1 is 0.396 bits per heavy atom. The van der Waals surface area contributed by atoms with E-state index < -0.39 is 12.2 Å². The van der Waals surface area contributed by atoms with Crippen LogP contribution in [0.1, 0.15) is 123 Å². The zero-order valence-corrected chi connectivity index (χ0v) is 32.0. The highest BCUT2D eigenvalue weighted by Crippen LogP contribution is 2.36. The van der Waals surface area contributed by atoms with Crippen molar-refractivity contribution in [1.29, 1.82) is 0 Å². The van der Waals surface area contributed by atoms with Gasteiger partial charge in [0.05, 0.1) is 47.6 Å². The number of aromatic nitrogens is 4. The molecule has 2 heterocycles. The first kappa shape index (κ1) is 37.7. The molecule has 0 bridgehead atoms. The maximum absolute atomic E-state index is 7.21. The molecule has 6 rings (SSSR count). The average molecular weight is 703 g/mol. The van der Waals surface area contributed by atoms with Crippen molar-refractivity contribution in [2.75, 3.05) is 0 Å². The van der Waals surface area contributed by atoms with E-state index in [1.165, 1.54) is 47.9 Å². The fraction of sp³-hybridized carbons (Fsp3) is 0.333. The molecule has 0 aliphatic carbocycles. The van der Waals surface area contributed by atoms with Crippen LogP contribution in [0.5, 0.6) is 0 Å². The molecule has 0 saturated heterocycles. The Hall–Kier alpha value is -5.00. The number of benzene rings is 4. The fourth-order valence-corrected chi connectivity index (χ4v) is 6.76. The van der Waals surface area contributed by atoms with Gasteiger partial charge in [-0.1, -0.05) is 150 Å². The van der Waals surface area contributed by atoms with Crippen molar-refractivity contribution in [2.24, 2.45) is 0 Å². The lowest BCUT2D eigenvalue weighted by atomic mass is 9.99. The van der Waals surface area contributed by atoms with Crippen LogP contribution in [0.25, 0.3) is 22.5 Å². The first-order valence-corrected chi connectivity index (χ1v) is 19.7. The summed E-state index contributed by atoms with van der Waals surface area (Å²) in [6, 6.07) is 34.9. The highest BCUT2D eigenvalue weighted by molar-refractivity contribution is 5.59. The summed E-state index contributed by atoms with van der Waals surface area (Å²) in [5, 5.41) is 0. The van der Waals surface area contributed by atoms with Crippen molar-refractivity contribution < 1.29 is 4.74 Å². The highest BCUT2D eigenvalue weighted by atomic mass is 16.5. The molecule has 2 aromatic heterocycles. The largest absolute Gasteiger partial charge is 0.353 e. The van der Waals surface area contributed by atoms with Crippen molar-refractivity contribution in [2.45, 2.75) is 104 Å². The van der Waals surface area contributed by atoms with Crippen LogP contribution in [0.3, 0.4) is 0 Å². The lowest BCUT2D eigenvalue weighted by molar-refractivity contribution is 0.0258. The molecule has 5 heteroatoms. The summed E-state index contributed by atoms with van der Waals surface area (Å²) in [7, 11) is 0. The maximum Gasteiger partial charge on any atom is 0.127 e. The van der Waals surface area contributed by atoms with Crippen LogP contribution >= 0.6 is 0 Å². The third-order valence-corrected chi connectivity index (χ3v) is 9.93. The second kappa shape index (κ2) is 19.2. The van der Waals surface area contributed by atoms with Crippen LogP contribution in [0.4, 0.5) is 0 Å². The topological polar surface area (TPSA) is 60.8 Å². The predicted molar refractivity (Wildman–Crippen MR) is 218 cm³/mol. The van der Waals surface area contributed by atoms with Crippen molar-refractivity contribution in [3.63, 3.8) is 0 Å². The summed E-state index contributed by atoms with van der Waals surface area (Å²) < 4.78 is 7.21. The molecule has 0 fully saturated rings. The smallest absolute Gasteiger partial charge is 0.127 e. The Balaban J connectivity index is 1.36. The van der Waals surface area contributed by atoms with Crippen molar-refractivity contribution >= 4 is 0 Å². The van der Waals surface area contributed by atoms with Gasteiger partial charge in [0.15, 0.2) is 0 Å². The summed E-state index contributed by atoms with van der Waals surface area (Å²) in [6.07, 6.45) is 17.7. The molecule has 0 spiro atoms. The molecule has 5 nitrogen and oxygen atoms in total. The summed E-state index contributed by atoms with van der Waals surface area (Å²) >= 11 is 0. The Bertz CT molecular complexity index is 1810. The van der Waals surface area contributed by atoms with Crippen molar-refractivity contribution in [1.82, 2.24) is 19.9 Å². The number of nitrogens with zero attached hydrogens (tertiary/aromatic N) is 4. The first-order chi connectivity index (χ1) is 26.1. The van der Waals surface area contributed by atoms with Crippen LogP contribution in [0, 0.1) is 0 Å². The molecule has 272 valence electrons. The quantitative estimate of drug-likeness (QED) is 0.0892. The Kier molecular flexibility index (Phi) is 13.7. The van der Waals surface area contributed by atoms with Crippen LogP contribution in [-0.4, -0.2) is 19.9 Å². The summed E-state index contributed by atoms with van der Waals surface area (Å²) in [4.78, 5) is 19.8. The van der Waals surface area contributed by atoms with Crippen LogP contribution < -0.4 is 0 Å². The van der Waals surface area contributed by atoms with Crippen LogP contribution in [0.15, 0.2) is 122 Å². The lowest BCUT2D eigenvalue weighted by Crippen LogP contribution is -2.16. The van der Waals surface area contributed by atoms with E-state index in [-0.39, 0.29) is 0 Å². The Morgan fingerprint density at radius 3 is 1.08 bits per heavy atom. The molecule has 6 aromatic rings. The second-order valence-electron chi connectivity index (χ2n) is 14.1. The fourth-order valence-electron chi connectivity index (χ4n) is 6.76. The minimum atomic E-state index is -0.485. The first-order valence-electron chi connectivity index (χ1n) is 19.7. The van der Waals surface area contributed by atoms with Crippen molar-refractivity contribution in [3.05, 3.63) is 167 Å². The third kappa shape index (κ3) is 10.1. The van der Waals surface area contributed by atoms with Gasteiger partial charge in [-0.3, -0.25) is 19.9 Å². The maximum atomic E-state index is 7.21. The van der Waals surface area contributed by atoms with Gasteiger partial charge in [-0.05, 0) is 71.9 Å². The zero-order valence-electron chi connectivity index (χ0n) is 32.0. The van der Waals surface area contributed by atoms with E-state index >= 15 is 0 Å². The van der Waals surface area contributed by atoms with Gasteiger partial charge in [0.1, 0.15) is 12.2 Å². The molecule has 53 heavy (non-hydrogen) atoms. The van der Waals surface area contributed by atoms with Crippen LogP contribution in [0.2, 0.25) is 0 Å². The number of hydrogen-bond donors (Lipinski definition) is 0. The van der Waals surface area contributed by atoms with E-state index in [1.54, 1.807) is 0 Å². The molecular formula is C48H54N4O. The number of ether oxygens (including phenoxy) is 1. The monoisotopic (exact) mass is 702 g/mol. The van der Waals surface area contributed by atoms with E-state index in [0.29, 0.717) is 0 Å².